The molecular weight excluding hydrogens is 248 g/mol. The van der Waals surface area contributed by atoms with Crippen LogP contribution in [0.25, 0.3) is 11.2 Å². The lowest BCUT2D eigenvalue weighted by molar-refractivity contribution is -0.132. The number of H-pyrrole nitrogens is 1. The van der Waals surface area contributed by atoms with Gasteiger partial charge in [0.1, 0.15) is 0 Å². The molecule has 1 N–H and O–H groups in total. The summed E-state index contributed by atoms with van der Waals surface area (Å²) in [6.07, 6.45) is 3.16. The average molecular weight is 262 g/mol. The molecule has 0 bridgehead atoms. The maximum absolute atomic E-state index is 11.5. The van der Waals surface area contributed by atoms with Gasteiger partial charge < -0.3 is 9.88 Å². The summed E-state index contributed by atoms with van der Waals surface area (Å²) in [6.45, 7) is 0.691. The molecule has 0 aliphatic carbocycles. The van der Waals surface area contributed by atoms with E-state index in [9.17, 15) is 4.79 Å². The molecule has 3 heterocycles. The molecule has 6 heteroatoms. The zero-order valence-electron chi connectivity index (χ0n) is 10.1. The van der Waals surface area contributed by atoms with E-state index in [1.807, 2.05) is 23.7 Å². The van der Waals surface area contributed by atoms with Gasteiger partial charge in [0, 0.05) is 26.2 Å². The van der Waals surface area contributed by atoms with E-state index in [1.165, 1.54) is 0 Å². The number of hydrogen-bond acceptors (Lipinski definition) is 3. The normalized spacial score (nSPS) is 20.6. The molecule has 1 unspecified atom stereocenters. The molecule has 1 fully saturated rings. The molecule has 1 atom stereocenters. The molecule has 5 nitrogen and oxygen atoms in total. The molecule has 1 aliphatic heterocycles. The molecule has 2 aromatic heterocycles. The summed E-state index contributed by atoms with van der Waals surface area (Å²) in [6, 6.07) is 4.06. The summed E-state index contributed by atoms with van der Waals surface area (Å²) >= 11 is 5.37. The Balaban J connectivity index is 2.07. The predicted molar refractivity (Wildman–Crippen MR) is 70.8 cm³/mol. The van der Waals surface area contributed by atoms with E-state index in [4.69, 9.17) is 12.2 Å². The van der Waals surface area contributed by atoms with Crippen molar-refractivity contribution in [3.05, 3.63) is 23.1 Å². The fraction of sp³-hybridized carbons (Fsp3) is 0.417. The number of imidazole rings is 1. The molecule has 3 rings (SSSR count). The van der Waals surface area contributed by atoms with Gasteiger partial charge in [-0.15, -0.1) is 0 Å². The number of piperidine rings is 1. The number of fused-ring (bicyclic) bond motifs is 1. The lowest BCUT2D eigenvalue weighted by Crippen LogP contribution is -2.38. The Bertz CT molecular complexity index is 659. The lowest BCUT2D eigenvalue weighted by Gasteiger charge is -2.30. The van der Waals surface area contributed by atoms with E-state index in [2.05, 4.69) is 9.97 Å². The molecule has 0 saturated carbocycles. The van der Waals surface area contributed by atoms with Gasteiger partial charge in [-0.25, -0.2) is 4.98 Å². The third kappa shape index (κ3) is 1.73. The van der Waals surface area contributed by atoms with E-state index >= 15 is 0 Å². The zero-order chi connectivity index (χ0) is 12.7. The first-order valence-corrected chi connectivity index (χ1v) is 6.37. The van der Waals surface area contributed by atoms with Crippen molar-refractivity contribution in [2.75, 3.05) is 13.6 Å². The van der Waals surface area contributed by atoms with Crippen LogP contribution in [0.5, 0.6) is 0 Å². The second-order valence-corrected chi connectivity index (χ2v) is 5.03. The third-order valence-corrected chi connectivity index (χ3v) is 3.74. The number of carbonyl (C=O) groups is 1. The van der Waals surface area contributed by atoms with Gasteiger partial charge in [0.2, 0.25) is 5.91 Å². The van der Waals surface area contributed by atoms with Crippen LogP contribution in [0, 0.1) is 4.77 Å². The Labute approximate surface area is 109 Å². The van der Waals surface area contributed by atoms with Gasteiger partial charge in [-0.1, -0.05) is 0 Å². The minimum absolute atomic E-state index is 0.200. The number of amides is 1. The Hall–Kier alpha value is -1.69. The molecule has 1 saturated heterocycles. The molecule has 1 aliphatic rings. The SMILES string of the molecule is CN1CC(n2c(=S)[nH]c3cccnc32)CCC1=O. The van der Waals surface area contributed by atoms with Crippen LogP contribution in [0.15, 0.2) is 18.3 Å². The number of aromatic amines is 1. The van der Waals surface area contributed by atoms with Gasteiger partial charge in [-0.05, 0) is 30.8 Å². The number of rotatable bonds is 1. The minimum atomic E-state index is 0.200. The van der Waals surface area contributed by atoms with Crippen LogP contribution in [0.2, 0.25) is 0 Å². The van der Waals surface area contributed by atoms with Crippen LogP contribution in [-0.4, -0.2) is 38.9 Å². The fourth-order valence-corrected chi connectivity index (χ4v) is 2.84. The van der Waals surface area contributed by atoms with Crippen molar-refractivity contribution >= 4 is 29.3 Å². The van der Waals surface area contributed by atoms with Crippen LogP contribution < -0.4 is 0 Å². The average Bonchev–Trinajstić information content (AvgIpc) is 2.69. The van der Waals surface area contributed by atoms with Crippen LogP contribution in [-0.2, 0) is 4.79 Å². The topological polar surface area (TPSA) is 53.9 Å². The first kappa shape index (κ1) is 11.4. The number of likely N-dealkylation sites (N-methyl/N-ethyl adjacent to an activating group) is 1. The molecule has 0 radical (unpaired) electrons. The maximum Gasteiger partial charge on any atom is 0.222 e. The molecule has 0 aromatic carbocycles. The van der Waals surface area contributed by atoms with E-state index < -0.39 is 0 Å². The highest BCUT2D eigenvalue weighted by Crippen LogP contribution is 2.25. The summed E-state index contributed by atoms with van der Waals surface area (Å²) < 4.78 is 2.71. The van der Waals surface area contributed by atoms with Crippen LogP contribution in [0.3, 0.4) is 0 Å². The van der Waals surface area contributed by atoms with E-state index in [0.29, 0.717) is 17.7 Å². The van der Waals surface area contributed by atoms with Crippen LogP contribution in [0.4, 0.5) is 0 Å². The second-order valence-electron chi connectivity index (χ2n) is 4.64. The molecule has 2 aromatic rings. The van der Waals surface area contributed by atoms with Crippen LogP contribution >= 0.6 is 12.2 Å². The van der Waals surface area contributed by atoms with Gasteiger partial charge >= 0.3 is 0 Å². The highest BCUT2D eigenvalue weighted by Gasteiger charge is 2.25. The van der Waals surface area contributed by atoms with Crippen molar-refractivity contribution in [1.29, 1.82) is 0 Å². The minimum Gasteiger partial charge on any atom is -0.344 e. The lowest BCUT2D eigenvalue weighted by atomic mass is 10.1. The van der Waals surface area contributed by atoms with Crippen molar-refractivity contribution in [3.63, 3.8) is 0 Å². The molecule has 1 amide bonds. The second kappa shape index (κ2) is 4.20. The van der Waals surface area contributed by atoms with Crippen molar-refractivity contribution in [3.8, 4) is 0 Å². The Morgan fingerprint density at radius 1 is 1.56 bits per heavy atom. The quantitative estimate of drug-likeness (QED) is 0.798. The first-order valence-electron chi connectivity index (χ1n) is 5.96. The number of aromatic nitrogens is 3. The Morgan fingerprint density at radius 2 is 2.39 bits per heavy atom. The molecular formula is C12H14N4OS. The largest absolute Gasteiger partial charge is 0.344 e. The molecule has 18 heavy (non-hydrogen) atoms. The monoisotopic (exact) mass is 262 g/mol. The number of nitrogens with zero attached hydrogens (tertiary/aromatic N) is 3. The van der Waals surface area contributed by atoms with Crippen LogP contribution in [0.1, 0.15) is 18.9 Å². The van der Waals surface area contributed by atoms with Gasteiger partial charge in [0.15, 0.2) is 10.4 Å². The summed E-state index contributed by atoms with van der Waals surface area (Å²) in [5.74, 6) is 0.200. The summed E-state index contributed by atoms with van der Waals surface area (Å²) in [7, 11) is 1.83. The maximum atomic E-state index is 11.5. The molecule has 0 spiro atoms. The van der Waals surface area contributed by atoms with E-state index in [0.717, 1.165) is 17.6 Å². The summed E-state index contributed by atoms with van der Waals surface area (Å²) in [4.78, 5) is 20.8. The fourth-order valence-electron chi connectivity index (χ4n) is 2.50. The van der Waals surface area contributed by atoms with E-state index in [1.54, 1.807) is 11.1 Å². The van der Waals surface area contributed by atoms with Gasteiger partial charge in [0.05, 0.1) is 11.6 Å². The van der Waals surface area contributed by atoms with Crippen molar-refractivity contribution in [2.24, 2.45) is 0 Å². The highest BCUT2D eigenvalue weighted by molar-refractivity contribution is 7.71. The highest BCUT2D eigenvalue weighted by atomic mass is 32.1. The third-order valence-electron chi connectivity index (χ3n) is 3.44. The van der Waals surface area contributed by atoms with Crippen molar-refractivity contribution in [2.45, 2.75) is 18.9 Å². The first-order chi connectivity index (χ1) is 8.66. The Kier molecular flexibility index (Phi) is 2.66. The Morgan fingerprint density at radius 3 is 3.17 bits per heavy atom. The van der Waals surface area contributed by atoms with Crippen molar-refractivity contribution in [1.82, 2.24) is 19.4 Å². The number of pyridine rings is 1. The standard InChI is InChI=1S/C12H14N4OS/c1-15-7-8(4-5-10(15)17)16-11-9(14-12(16)18)3-2-6-13-11/h2-3,6,8H,4-5,7H2,1H3,(H,14,18). The van der Waals surface area contributed by atoms with E-state index in [-0.39, 0.29) is 11.9 Å². The number of carbonyl (C=O) groups excluding carboxylic acids is 1. The molecule has 94 valence electrons. The van der Waals surface area contributed by atoms with Gasteiger partial charge in [-0.2, -0.15) is 0 Å². The van der Waals surface area contributed by atoms with Gasteiger partial charge in [-0.3, -0.25) is 9.36 Å². The van der Waals surface area contributed by atoms with Crippen molar-refractivity contribution < 1.29 is 4.79 Å². The smallest absolute Gasteiger partial charge is 0.222 e. The van der Waals surface area contributed by atoms with Gasteiger partial charge in [0.25, 0.3) is 0 Å². The number of nitrogens with one attached hydrogen (secondary N) is 1. The number of hydrogen-bond donors (Lipinski definition) is 1. The zero-order valence-corrected chi connectivity index (χ0v) is 10.9. The summed E-state index contributed by atoms with van der Waals surface area (Å²) in [5.41, 5.74) is 1.82. The number of likely N-dealkylation sites (tertiary alicyclic amines) is 1. The predicted octanol–water partition coefficient (Wildman–Crippen LogP) is 1.89. The summed E-state index contributed by atoms with van der Waals surface area (Å²) in [5, 5.41) is 0.